The van der Waals surface area contributed by atoms with E-state index in [0.29, 0.717) is 24.1 Å². The predicted molar refractivity (Wildman–Crippen MR) is 79.4 cm³/mol. The van der Waals surface area contributed by atoms with Gasteiger partial charge in [0.15, 0.2) is 0 Å². The molecule has 21 heavy (non-hydrogen) atoms. The highest BCUT2D eigenvalue weighted by molar-refractivity contribution is 6.30. The third-order valence-corrected chi connectivity index (χ3v) is 3.65. The molecule has 1 aliphatic rings. The van der Waals surface area contributed by atoms with Crippen LogP contribution in [0.4, 0.5) is 0 Å². The molecule has 2 aromatic rings. The number of benzene rings is 1. The number of ether oxygens (including phenoxy) is 1. The van der Waals surface area contributed by atoms with E-state index in [9.17, 15) is 4.79 Å². The zero-order valence-corrected chi connectivity index (χ0v) is 12.2. The molecule has 1 aromatic carbocycles. The monoisotopic (exact) mass is 305 g/mol. The molecule has 1 aliphatic heterocycles. The first-order valence-corrected chi connectivity index (χ1v) is 7.24. The summed E-state index contributed by atoms with van der Waals surface area (Å²) in [4.78, 5) is 11.9. The Morgan fingerprint density at radius 3 is 3.14 bits per heavy atom. The lowest BCUT2D eigenvalue weighted by molar-refractivity contribution is -0.122. The number of rotatable bonds is 4. The molecule has 0 fully saturated rings. The lowest BCUT2D eigenvalue weighted by Gasteiger charge is -2.25. The molecule has 0 aliphatic carbocycles. The zero-order valence-electron chi connectivity index (χ0n) is 11.5. The molecule has 0 bridgehead atoms. The molecule has 5 nitrogen and oxygen atoms in total. The average molecular weight is 306 g/mol. The normalized spacial score (nSPS) is 16.9. The molecular weight excluding hydrogens is 290 g/mol. The van der Waals surface area contributed by atoms with E-state index in [1.165, 1.54) is 16.4 Å². The lowest BCUT2D eigenvalue weighted by atomic mass is 9.97. The van der Waals surface area contributed by atoms with E-state index in [-0.39, 0.29) is 12.5 Å². The van der Waals surface area contributed by atoms with E-state index in [1.54, 1.807) is 6.20 Å². The second-order valence-electron chi connectivity index (χ2n) is 5.15. The average Bonchev–Trinajstić information content (AvgIpc) is 2.90. The fraction of sp³-hybridized carbons (Fsp3) is 0.333. The van der Waals surface area contributed by atoms with Gasteiger partial charge < -0.3 is 10.1 Å². The van der Waals surface area contributed by atoms with E-state index < -0.39 is 0 Å². The second kappa shape index (κ2) is 6.18. The van der Waals surface area contributed by atoms with Crippen molar-refractivity contribution in [2.75, 3.05) is 13.2 Å². The Morgan fingerprint density at radius 2 is 2.33 bits per heavy atom. The lowest BCUT2D eigenvalue weighted by Crippen LogP contribution is -2.36. The van der Waals surface area contributed by atoms with Crippen LogP contribution in [0.25, 0.3) is 0 Å². The van der Waals surface area contributed by atoms with Crippen LogP contribution in [0.5, 0.6) is 5.75 Å². The van der Waals surface area contributed by atoms with Gasteiger partial charge in [-0.25, -0.2) is 0 Å². The summed E-state index contributed by atoms with van der Waals surface area (Å²) in [6.45, 7) is 1.41. The molecule has 110 valence electrons. The number of hydrogen-bond acceptors (Lipinski definition) is 3. The van der Waals surface area contributed by atoms with Crippen LogP contribution in [0.2, 0.25) is 5.02 Å². The molecule has 0 saturated heterocycles. The van der Waals surface area contributed by atoms with Crippen LogP contribution in [-0.2, 0) is 17.8 Å². The van der Waals surface area contributed by atoms with Crippen LogP contribution in [0.1, 0.15) is 5.56 Å². The molecule has 0 saturated carbocycles. The summed E-state index contributed by atoms with van der Waals surface area (Å²) in [7, 11) is 0. The quantitative estimate of drug-likeness (QED) is 0.938. The topological polar surface area (TPSA) is 56.2 Å². The highest BCUT2D eigenvalue weighted by Crippen LogP contribution is 2.26. The molecule has 0 spiro atoms. The van der Waals surface area contributed by atoms with Gasteiger partial charge in [0.25, 0.3) is 0 Å². The number of para-hydroxylation sites is 1. The first-order valence-electron chi connectivity index (χ1n) is 6.86. The standard InChI is InChI=1S/C15H16ClN3O2/c16-13-7-18-19(8-13)9-15(20)17-6-11-5-12-3-1-2-4-14(12)21-10-11/h1-4,7-8,11H,5-6,9-10H2,(H,17,20)/t11-/m1/s1. The summed E-state index contributed by atoms with van der Waals surface area (Å²) in [5.74, 6) is 1.17. The van der Waals surface area contributed by atoms with Crippen molar-refractivity contribution in [2.24, 2.45) is 5.92 Å². The van der Waals surface area contributed by atoms with E-state index in [4.69, 9.17) is 16.3 Å². The second-order valence-corrected chi connectivity index (χ2v) is 5.59. The highest BCUT2D eigenvalue weighted by atomic mass is 35.5. The summed E-state index contributed by atoms with van der Waals surface area (Å²) in [5.41, 5.74) is 1.20. The van der Waals surface area contributed by atoms with Crippen LogP contribution in [0.15, 0.2) is 36.7 Å². The van der Waals surface area contributed by atoms with Crippen molar-refractivity contribution < 1.29 is 9.53 Å². The number of fused-ring (bicyclic) bond motifs is 1. The van der Waals surface area contributed by atoms with E-state index in [0.717, 1.165) is 12.2 Å². The molecule has 6 heteroatoms. The van der Waals surface area contributed by atoms with Crippen molar-refractivity contribution in [3.05, 3.63) is 47.2 Å². The summed E-state index contributed by atoms with van der Waals surface area (Å²) in [5, 5.41) is 7.43. The van der Waals surface area contributed by atoms with Gasteiger partial charge in [-0.3, -0.25) is 9.48 Å². The van der Waals surface area contributed by atoms with E-state index >= 15 is 0 Å². The van der Waals surface area contributed by atoms with Crippen molar-refractivity contribution in [1.29, 1.82) is 0 Å². The highest BCUT2D eigenvalue weighted by Gasteiger charge is 2.19. The molecule has 0 unspecified atom stereocenters. The van der Waals surface area contributed by atoms with Gasteiger partial charge in [-0.2, -0.15) is 5.10 Å². The molecule has 1 atom stereocenters. The van der Waals surface area contributed by atoms with Crippen molar-refractivity contribution in [3.63, 3.8) is 0 Å². The molecule has 1 N–H and O–H groups in total. The predicted octanol–water partition coefficient (Wildman–Crippen LogP) is 1.90. The van der Waals surface area contributed by atoms with Gasteiger partial charge >= 0.3 is 0 Å². The SMILES string of the molecule is O=C(Cn1cc(Cl)cn1)NC[C@@H]1COc2ccccc2C1. The number of hydrogen-bond donors (Lipinski definition) is 1. The zero-order chi connectivity index (χ0) is 14.7. The van der Waals surface area contributed by atoms with Crippen LogP contribution in [0.3, 0.4) is 0 Å². The number of halogens is 1. The first kappa shape index (κ1) is 13.9. The maximum Gasteiger partial charge on any atom is 0.241 e. The van der Waals surface area contributed by atoms with Gasteiger partial charge in [-0.05, 0) is 18.1 Å². The fourth-order valence-electron chi connectivity index (χ4n) is 2.41. The summed E-state index contributed by atoms with van der Waals surface area (Å²) in [6.07, 6.45) is 4.06. The third-order valence-electron chi connectivity index (χ3n) is 3.45. The van der Waals surface area contributed by atoms with Crippen LogP contribution < -0.4 is 10.1 Å². The number of carbonyl (C=O) groups excluding carboxylic acids is 1. The summed E-state index contributed by atoms with van der Waals surface area (Å²) < 4.78 is 7.22. The van der Waals surface area contributed by atoms with Crippen molar-refractivity contribution in [3.8, 4) is 5.75 Å². The first-order chi connectivity index (χ1) is 10.2. The van der Waals surface area contributed by atoms with E-state index in [2.05, 4.69) is 16.5 Å². The molecule has 0 radical (unpaired) electrons. The minimum Gasteiger partial charge on any atom is -0.493 e. The Kier molecular flexibility index (Phi) is 4.10. The smallest absolute Gasteiger partial charge is 0.241 e. The van der Waals surface area contributed by atoms with Crippen LogP contribution in [0, 0.1) is 5.92 Å². The molecule has 1 amide bonds. The van der Waals surface area contributed by atoms with Crippen LogP contribution >= 0.6 is 11.6 Å². The van der Waals surface area contributed by atoms with Gasteiger partial charge in [-0.1, -0.05) is 29.8 Å². The van der Waals surface area contributed by atoms with Gasteiger partial charge in [0.1, 0.15) is 12.3 Å². The van der Waals surface area contributed by atoms with Crippen molar-refractivity contribution in [2.45, 2.75) is 13.0 Å². The molecule has 2 heterocycles. The number of aromatic nitrogens is 2. The minimum absolute atomic E-state index is 0.0753. The molecule has 1 aromatic heterocycles. The molecular formula is C15H16ClN3O2. The fourth-order valence-corrected chi connectivity index (χ4v) is 2.56. The van der Waals surface area contributed by atoms with Gasteiger partial charge in [0, 0.05) is 18.7 Å². The Morgan fingerprint density at radius 1 is 1.48 bits per heavy atom. The van der Waals surface area contributed by atoms with Gasteiger partial charge in [-0.15, -0.1) is 0 Å². The van der Waals surface area contributed by atoms with Crippen molar-refractivity contribution >= 4 is 17.5 Å². The van der Waals surface area contributed by atoms with E-state index in [1.807, 2.05) is 18.2 Å². The molecule has 3 rings (SSSR count). The Balaban J connectivity index is 1.49. The third kappa shape index (κ3) is 3.55. The maximum absolute atomic E-state index is 11.9. The number of nitrogens with one attached hydrogen (secondary N) is 1. The van der Waals surface area contributed by atoms with Gasteiger partial charge in [0.2, 0.25) is 5.91 Å². The Labute approximate surface area is 127 Å². The van der Waals surface area contributed by atoms with Crippen LogP contribution in [-0.4, -0.2) is 28.8 Å². The number of amides is 1. The number of carbonyl (C=O) groups is 1. The summed E-state index contributed by atoms with van der Waals surface area (Å²) >= 11 is 5.76. The maximum atomic E-state index is 11.9. The van der Waals surface area contributed by atoms with Gasteiger partial charge in [0.05, 0.1) is 17.8 Å². The summed E-state index contributed by atoms with van der Waals surface area (Å²) in [6, 6.07) is 8.02. The number of nitrogens with zero attached hydrogens (tertiary/aromatic N) is 2. The minimum atomic E-state index is -0.0753. The largest absolute Gasteiger partial charge is 0.493 e. The Bertz CT molecular complexity index is 641. The van der Waals surface area contributed by atoms with Crippen molar-refractivity contribution in [1.82, 2.24) is 15.1 Å². The Hall–Kier alpha value is -2.01.